The van der Waals surface area contributed by atoms with Crippen LogP contribution >= 0.6 is 11.6 Å². The minimum absolute atomic E-state index is 0.130. The van der Waals surface area contributed by atoms with Gasteiger partial charge in [-0.25, -0.2) is 0 Å². The molecule has 1 atom stereocenters. The highest BCUT2D eigenvalue weighted by Gasteiger charge is 2.20. The van der Waals surface area contributed by atoms with Gasteiger partial charge in [0.05, 0.1) is 6.42 Å². The fourth-order valence-corrected chi connectivity index (χ4v) is 1.80. The molecular formula is C13H17ClN2O3. The minimum Gasteiger partial charge on any atom is -0.480 e. The third kappa shape index (κ3) is 4.54. The van der Waals surface area contributed by atoms with E-state index in [-0.39, 0.29) is 12.3 Å². The lowest BCUT2D eigenvalue weighted by Gasteiger charge is -2.14. The Bertz CT molecular complexity index is 477. The zero-order valence-corrected chi connectivity index (χ0v) is 11.6. The van der Waals surface area contributed by atoms with Crippen molar-refractivity contribution in [2.75, 3.05) is 11.9 Å². The number of rotatable bonds is 6. The van der Waals surface area contributed by atoms with Crippen LogP contribution in [0.3, 0.4) is 0 Å². The van der Waals surface area contributed by atoms with E-state index in [9.17, 15) is 9.59 Å². The average Bonchev–Trinajstić information content (AvgIpc) is 2.34. The summed E-state index contributed by atoms with van der Waals surface area (Å²) in [5.74, 6) is -1.40. The fourth-order valence-electron chi connectivity index (χ4n) is 1.62. The van der Waals surface area contributed by atoms with Crippen LogP contribution in [0, 0.1) is 6.92 Å². The van der Waals surface area contributed by atoms with Crippen LogP contribution in [0.2, 0.25) is 5.02 Å². The molecule has 1 aromatic carbocycles. The quantitative estimate of drug-likeness (QED) is 0.747. The molecule has 6 heteroatoms. The Balaban J connectivity index is 2.69. The number of carboxylic acid groups (broad SMARTS) is 1. The van der Waals surface area contributed by atoms with Gasteiger partial charge in [0.15, 0.2) is 0 Å². The molecule has 0 radical (unpaired) electrons. The molecule has 3 N–H and O–H groups in total. The molecule has 1 amide bonds. The highest BCUT2D eigenvalue weighted by atomic mass is 35.5. The van der Waals surface area contributed by atoms with Gasteiger partial charge >= 0.3 is 5.97 Å². The van der Waals surface area contributed by atoms with E-state index >= 15 is 0 Å². The number of anilines is 1. The minimum atomic E-state index is -1.04. The number of benzene rings is 1. The summed E-state index contributed by atoms with van der Waals surface area (Å²) in [6.07, 6.45) is -0.130. The first-order valence-electron chi connectivity index (χ1n) is 5.96. The van der Waals surface area contributed by atoms with Gasteiger partial charge in [-0.3, -0.25) is 9.59 Å². The van der Waals surface area contributed by atoms with Gasteiger partial charge in [0, 0.05) is 10.7 Å². The van der Waals surface area contributed by atoms with Crippen molar-refractivity contribution in [2.45, 2.75) is 26.3 Å². The number of hydrogen-bond acceptors (Lipinski definition) is 3. The van der Waals surface area contributed by atoms with Crippen LogP contribution in [0.5, 0.6) is 0 Å². The van der Waals surface area contributed by atoms with Crippen LogP contribution in [0.4, 0.5) is 5.69 Å². The van der Waals surface area contributed by atoms with E-state index in [0.29, 0.717) is 17.3 Å². The maximum absolute atomic E-state index is 11.8. The Morgan fingerprint density at radius 2 is 2.11 bits per heavy atom. The Hall–Kier alpha value is -1.59. The zero-order valence-electron chi connectivity index (χ0n) is 10.9. The van der Waals surface area contributed by atoms with Gasteiger partial charge in [-0.2, -0.15) is 0 Å². The van der Waals surface area contributed by atoms with Gasteiger partial charge in [0.25, 0.3) is 0 Å². The highest BCUT2D eigenvalue weighted by molar-refractivity contribution is 6.31. The van der Waals surface area contributed by atoms with E-state index < -0.39 is 12.0 Å². The molecule has 0 aliphatic heterocycles. The lowest BCUT2D eigenvalue weighted by molar-refractivity contribution is -0.141. The summed E-state index contributed by atoms with van der Waals surface area (Å²) in [4.78, 5) is 22.7. The molecule has 0 spiro atoms. The van der Waals surface area contributed by atoms with Crippen molar-refractivity contribution < 1.29 is 14.7 Å². The predicted octanol–water partition coefficient (Wildman–Crippen LogP) is 2.04. The van der Waals surface area contributed by atoms with Crippen LogP contribution in [-0.4, -0.2) is 29.6 Å². The number of likely N-dealkylation sites (N-methyl/N-ethyl adjacent to an activating group) is 1. The maximum atomic E-state index is 11.8. The first-order valence-corrected chi connectivity index (χ1v) is 6.34. The third-order valence-corrected chi connectivity index (χ3v) is 3.09. The van der Waals surface area contributed by atoms with Crippen molar-refractivity contribution in [1.82, 2.24) is 5.32 Å². The molecular weight excluding hydrogens is 268 g/mol. The van der Waals surface area contributed by atoms with E-state index in [2.05, 4.69) is 10.6 Å². The monoisotopic (exact) mass is 284 g/mol. The first-order chi connectivity index (χ1) is 8.95. The highest BCUT2D eigenvalue weighted by Crippen LogP contribution is 2.23. The van der Waals surface area contributed by atoms with E-state index in [0.717, 1.165) is 5.56 Å². The lowest BCUT2D eigenvalue weighted by atomic mass is 10.1. The summed E-state index contributed by atoms with van der Waals surface area (Å²) < 4.78 is 0. The number of carbonyl (C=O) groups is 2. The van der Waals surface area contributed by atoms with E-state index in [1.807, 2.05) is 0 Å². The van der Waals surface area contributed by atoms with Crippen molar-refractivity contribution in [1.29, 1.82) is 0 Å². The summed E-state index contributed by atoms with van der Waals surface area (Å²) in [7, 11) is 0. The molecule has 1 unspecified atom stereocenters. The molecule has 0 aliphatic rings. The molecule has 0 bridgehead atoms. The van der Waals surface area contributed by atoms with Crippen LogP contribution in [0.1, 0.15) is 18.9 Å². The van der Waals surface area contributed by atoms with Crippen molar-refractivity contribution in [3.05, 3.63) is 28.8 Å². The van der Waals surface area contributed by atoms with Gasteiger partial charge in [0.1, 0.15) is 6.04 Å². The topological polar surface area (TPSA) is 78.4 Å². The number of carbonyl (C=O) groups excluding carboxylic acids is 1. The van der Waals surface area contributed by atoms with Gasteiger partial charge in [0.2, 0.25) is 5.91 Å². The summed E-state index contributed by atoms with van der Waals surface area (Å²) in [6.45, 7) is 4.06. The Kier molecular flexibility index (Phi) is 5.79. The van der Waals surface area contributed by atoms with Crippen LogP contribution in [0.15, 0.2) is 18.2 Å². The molecule has 19 heavy (non-hydrogen) atoms. The molecule has 0 saturated heterocycles. The van der Waals surface area contributed by atoms with Gasteiger partial charge in [-0.15, -0.1) is 0 Å². The average molecular weight is 285 g/mol. The number of hydrogen-bond donors (Lipinski definition) is 3. The van der Waals surface area contributed by atoms with Crippen LogP contribution in [0.25, 0.3) is 0 Å². The van der Waals surface area contributed by atoms with E-state index in [4.69, 9.17) is 16.7 Å². The largest absolute Gasteiger partial charge is 0.480 e. The first kappa shape index (κ1) is 15.5. The molecule has 104 valence electrons. The molecule has 0 saturated carbocycles. The number of carboxylic acids is 1. The molecule has 0 aliphatic carbocycles. The van der Waals surface area contributed by atoms with Gasteiger partial charge in [-0.1, -0.05) is 24.6 Å². The normalized spacial score (nSPS) is 11.9. The molecule has 0 aromatic heterocycles. The lowest BCUT2D eigenvalue weighted by Crippen LogP contribution is -2.39. The second-order valence-corrected chi connectivity index (χ2v) is 4.52. The van der Waals surface area contributed by atoms with E-state index in [1.54, 1.807) is 32.0 Å². The Labute approximate surface area is 117 Å². The SMILES string of the molecule is CCNC(CC(=O)Nc1cccc(Cl)c1C)C(=O)O. The van der Waals surface area contributed by atoms with Crippen LogP contribution < -0.4 is 10.6 Å². The zero-order chi connectivity index (χ0) is 14.4. The second kappa shape index (κ2) is 7.11. The van der Waals surface area contributed by atoms with Crippen molar-refractivity contribution >= 4 is 29.2 Å². The second-order valence-electron chi connectivity index (χ2n) is 4.11. The number of amides is 1. The van der Waals surface area contributed by atoms with Gasteiger partial charge in [-0.05, 0) is 31.2 Å². The van der Waals surface area contributed by atoms with Gasteiger partial charge < -0.3 is 15.7 Å². The Morgan fingerprint density at radius 3 is 2.68 bits per heavy atom. The standard InChI is InChI=1S/C13H17ClN2O3/c1-3-15-11(13(18)19)7-12(17)16-10-6-4-5-9(14)8(10)2/h4-6,11,15H,3,7H2,1-2H3,(H,16,17)(H,18,19). The number of aliphatic carboxylic acids is 1. The molecule has 1 rings (SSSR count). The molecule has 0 fully saturated rings. The van der Waals surface area contributed by atoms with Crippen molar-refractivity contribution in [3.8, 4) is 0 Å². The van der Waals surface area contributed by atoms with Crippen molar-refractivity contribution in [2.24, 2.45) is 0 Å². The summed E-state index contributed by atoms with van der Waals surface area (Å²) in [5, 5.41) is 14.9. The Morgan fingerprint density at radius 1 is 1.42 bits per heavy atom. The summed E-state index contributed by atoms with van der Waals surface area (Å²) in [5.41, 5.74) is 1.35. The predicted molar refractivity (Wildman–Crippen MR) is 74.5 cm³/mol. The summed E-state index contributed by atoms with van der Waals surface area (Å²) >= 11 is 5.95. The number of halogens is 1. The smallest absolute Gasteiger partial charge is 0.321 e. The molecule has 1 aromatic rings. The molecule has 0 heterocycles. The van der Waals surface area contributed by atoms with Crippen LogP contribution in [-0.2, 0) is 9.59 Å². The van der Waals surface area contributed by atoms with E-state index in [1.165, 1.54) is 0 Å². The fraction of sp³-hybridized carbons (Fsp3) is 0.385. The number of nitrogens with one attached hydrogen (secondary N) is 2. The maximum Gasteiger partial charge on any atom is 0.321 e. The summed E-state index contributed by atoms with van der Waals surface area (Å²) in [6, 6.07) is 4.29. The van der Waals surface area contributed by atoms with Crippen molar-refractivity contribution in [3.63, 3.8) is 0 Å². The third-order valence-electron chi connectivity index (χ3n) is 2.68. The molecule has 5 nitrogen and oxygen atoms in total.